The first-order valence-corrected chi connectivity index (χ1v) is 18.3. The van der Waals surface area contributed by atoms with Crippen molar-refractivity contribution in [3.05, 3.63) is 48.5 Å². The molecule has 1 fully saturated rings. The molecule has 1 saturated heterocycles. The topological polar surface area (TPSA) is 292 Å². The number of nitrogens with zero attached hydrogens (tertiary/aromatic N) is 6. The van der Waals surface area contributed by atoms with Gasteiger partial charge in [-0.1, -0.05) is 7.43 Å². The number of sulfone groups is 1. The molecule has 4 aromatic rings. The summed E-state index contributed by atoms with van der Waals surface area (Å²) in [6, 6.07) is 8.16. The number of hydrogen-bond acceptors (Lipinski definition) is 23. The standard InChI is InChI=1S/C25H24FN7O14S4.CH4.3Na/c26-23-28-24(30-25(29-23)33-5-7-42-8-6-33)27-18-13-17-14(12-20(18)51(39,40)41)11-19(48-46-44-35)21(22(17)34)32-31-15-1-3-16(4-2-15)50(37,38)10-9-43-49-47-45-36;;;;/h1-4,11-13,34-36H,5-10H2,(H,39,40,41)(H,27,28,29,30);1H4;;;/q;;3*+1/p-3. The molecule has 29 heteroatoms. The van der Waals surface area contributed by atoms with Gasteiger partial charge >= 0.3 is 94.8 Å². The van der Waals surface area contributed by atoms with Crippen molar-refractivity contribution in [2.24, 2.45) is 10.2 Å². The van der Waals surface area contributed by atoms with E-state index in [4.69, 9.17) is 8.92 Å². The number of benzene rings is 3. The number of azo groups is 1. The van der Waals surface area contributed by atoms with Crippen molar-refractivity contribution >= 4 is 84.1 Å². The predicted molar refractivity (Wildman–Crippen MR) is 173 cm³/mol. The van der Waals surface area contributed by atoms with Crippen molar-refractivity contribution in [1.29, 1.82) is 0 Å². The van der Waals surface area contributed by atoms with E-state index in [2.05, 4.69) is 49.2 Å². The van der Waals surface area contributed by atoms with Crippen molar-refractivity contribution in [2.75, 3.05) is 48.9 Å². The molecular formula is C26H25FN7Na3O14S4. The fraction of sp³-hybridized carbons (Fsp3) is 0.269. The number of anilines is 3. The first kappa shape index (κ1) is 52.1. The quantitative estimate of drug-likeness (QED) is 0.0201. The Labute approximate surface area is 388 Å². The molecule has 3 aromatic carbocycles. The Balaban J connectivity index is 0.00000378. The van der Waals surface area contributed by atoms with Gasteiger partial charge in [0.1, 0.15) is 15.8 Å². The fourth-order valence-electron chi connectivity index (χ4n) is 4.46. The molecule has 1 aromatic heterocycles. The molecule has 0 atom stereocenters. The van der Waals surface area contributed by atoms with Crippen molar-refractivity contribution in [3.63, 3.8) is 0 Å². The normalized spacial score (nSPS) is 13.1. The Hall–Kier alpha value is -0.900. The third kappa shape index (κ3) is 14.4. The summed E-state index contributed by atoms with van der Waals surface area (Å²) in [5.41, 5.74) is -0.674. The SMILES string of the molecule is C.O=S(=O)([O-])c1cc2cc(SOO[O-])c(N=Nc3ccc(S(=O)(=O)CCOSOO[O-])cc3)c(O)c2cc1Nc1nc(F)nc(N2CCOCC2)n1.[Na+].[Na+].[Na+]. The van der Waals surface area contributed by atoms with Crippen LogP contribution in [0.5, 0.6) is 5.75 Å². The third-order valence-electron chi connectivity index (χ3n) is 6.71. The van der Waals surface area contributed by atoms with Gasteiger partial charge in [-0.3, -0.25) is 14.3 Å². The van der Waals surface area contributed by atoms with Gasteiger partial charge < -0.3 is 35.1 Å². The Kier molecular flexibility index (Phi) is 23.0. The summed E-state index contributed by atoms with van der Waals surface area (Å²) in [6.07, 6.45) is -1.20. The van der Waals surface area contributed by atoms with Crippen LogP contribution in [-0.2, 0) is 47.6 Å². The summed E-state index contributed by atoms with van der Waals surface area (Å²) < 4.78 is 94.7. The average Bonchev–Trinajstić information content (AvgIpc) is 3.10. The first-order valence-electron chi connectivity index (χ1n) is 13.8. The van der Waals surface area contributed by atoms with E-state index in [0.29, 0.717) is 26.3 Å². The van der Waals surface area contributed by atoms with Gasteiger partial charge in [-0.05, 0) is 47.9 Å². The van der Waals surface area contributed by atoms with Crippen LogP contribution in [0.25, 0.3) is 10.8 Å². The molecule has 1 aliphatic heterocycles. The molecule has 0 amide bonds. The molecule has 0 spiro atoms. The maximum atomic E-state index is 14.4. The van der Waals surface area contributed by atoms with Crippen LogP contribution in [-0.4, -0.2) is 80.1 Å². The van der Waals surface area contributed by atoms with Gasteiger partial charge in [0.15, 0.2) is 27.9 Å². The van der Waals surface area contributed by atoms with Crippen LogP contribution >= 0.6 is 24.4 Å². The van der Waals surface area contributed by atoms with E-state index >= 15 is 0 Å². The molecule has 0 saturated carbocycles. The number of nitrogens with one attached hydrogen (secondary N) is 1. The van der Waals surface area contributed by atoms with Gasteiger partial charge in [0.25, 0.3) is 0 Å². The Bertz CT molecular complexity index is 2130. The fourth-order valence-corrected chi connectivity index (χ4v) is 7.02. The summed E-state index contributed by atoms with van der Waals surface area (Å²) >= 11 is 0.424. The van der Waals surface area contributed by atoms with Crippen LogP contribution in [0.15, 0.2) is 67.4 Å². The predicted octanol–water partition coefficient (Wildman–Crippen LogP) is -6.78. The average molecular weight is 876 g/mol. The molecule has 0 radical (unpaired) electrons. The van der Waals surface area contributed by atoms with Gasteiger partial charge in [-0.25, -0.2) is 16.8 Å². The van der Waals surface area contributed by atoms with E-state index in [1.807, 2.05) is 0 Å². The molecule has 0 bridgehead atoms. The van der Waals surface area contributed by atoms with Gasteiger partial charge in [0, 0.05) is 18.5 Å². The molecule has 0 aliphatic carbocycles. The smallest absolute Gasteiger partial charge is 0.744 e. The van der Waals surface area contributed by atoms with Crippen molar-refractivity contribution in [3.8, 4) is 5.75 Å². The number of hydrogen-bond donors (Lipinski definition) is 2. The van der Waals surface area contributed by atoms with Crippen LogP contribution < -0.4 is 109 Å². The summed E-state index contributed by atoms with van der Waals surface area (Å²) in [6.45, 7) is 0.983. The van der Waals surface area contributed by atoms with Gasteiger partial charge in [-0.15, -0.1) is 9.45 Å². The zero-order valence-electron chi connectivity index (χ0n) is 28.2. The maximum Gasteiger partial charge on any atom is 1.00 e. The summed E-state index contributed by atoms with van der Waals surface area (Å²) in [5, 5.41) is 48.4. The van der Waals surface area contributed by atoms with Gasteiger partial charge in [0.05, 0.1) is 63.7 Å². The summed E-state index contributed by atoms with van der Waals surface area (Å²) in [5.74, 6) is -1.66. The van der Waals surface area contributed by atoms with Crippen LogP contribution in [0.2, 0.25) is 0 Å². The van der Waals surface area contributed by atoms with Gasteiger partial charge in [0.2, 0.25) is 11.9 Å². The minimum Gasteiger partial charge on any atom is -0.744 e. The minimum absolute atomic E-state index is 0. The first-order chi connectivity index (χ1) is 24.4. The molecular weight excluding hydrogens is 851 g/mol. The molecule has 21 nitrogen and oxygen atoms in total. The summed E-state index contributed by atoms with van der Waals surface area (Å²) in [4.78, 5) is 11.9. The molecule has 2 N–H and O–H groups in total. The number of phenols is 1. The number of ether oxygens (including phenoxy) is 1. The van der Waals surface area contributed by atoms with Crippen LogP contribution in [0, 0.1) is 6.08 Å². The number of rotatable bonds is 16. The van der Waals surface area contributed by atoms with E-state index in [9.17, 15) is 41.4 Å². The molecule has 5 rings (SSSR count). The van der Waals surface area contributed by atoms with E-state index in [0.717, 1.165) is 12.1 Å². The minimum atomic E-state index is -5.22. The molecule has 2 heterocycles. The van der Waals surface area contributed by atoms with Crippen molar-refractivity contribution in [1.82, 2.24) is 15.0 Å². The zero-order valence-corrected chi connectivity index (χ0v) is 37.5. The Morgan fingerprint density at radius 2 is 1.64 bits per heavy atom. The van der Waals surface area contributed by atoms with Crippen molar-refractivity contribution in [2.45, 2.75) is 22.1 Å². The van der Waals surface area contributed by atoms with Gasteiger partial charge in [-0.2, -0.15) is 28.8 Å². The maximum absolute atomic E-state index is 14.4. The number of morpholine rings is 1. The number of fused-ring (bicyclic) bond motifs is 1. The van der Waals surface area contributed by atoms with E-state index in [1.165, 1.54) is 30.3 Å². The molecule has 1 aliphatic rings. The second kappa shape index (κ2) is 24.2. The zero-order chi connectivity index (χ0) is 36.6. The Morgan fingerprint density at radius 3 is 2.27 bits per heavy atom. The number of aromatic nitrogens is 3. The second-order valence-corrected chi connectivity index (χ2v) is 14.5. The molecule has 55 heavy (non-hydrogen) atoms. The summed E-state index contributed by atoms with van der Waals surface area (Å²) in [7, 11) is -9.05. The molecule has 0 unspecified atom stereocenters. The molecule has 282 valence electrons. The van der Waals surface area contributed by atoms with E-state index in [-0.39, 0.29) is 165 Å². The van der Waals surface area contributed by atoms with Crippen LogP contribution in [0.4, 0.5) is 33.3 Å². The largest absolute Gasteiger partial charge is 1.00 e. The Morgan fingerprint density at radius 1 is 0.964 bits per heavy atom. The van der Waals surface area contributed by atoms with Crippen LogP contribution in [0.3, 0.4) is 0 Å². The van der Waals surface area contributed by atoms with E-state index < -0.39 is 54.1 Å². The second-order valence-electron chi connectivity index (χ2n) is 9.81. The number of aromatic hydroxyl groups is 1. The number of phenolic OH excluding ortho intramolecular Hbond substituents is 1. The van der Waals surface area contributed by atoms with Crippen molar-refractivity contribution < 1.29 is 158 Å². The van der Waals surface area contributed by atoms with Crippen LogP contribution in [0.1, 0.15) is 7.43 Å². The number of halogens is 1. The van der Waals surface area contributed by atoms with E-state index in [1.54, 1.807) is 4.90 Å². The third-order valence-corrected chi connectivity index (χ3v) is 10.3. The monoisotopic (exact) mass is 875 g/mol.